The average Bonchev–Trinajstić information content (AvgIpc) is 2.49. The molecule has 1 aromatic carbocycles. The molecule has 8 heteroatoms. The highest BCUT2D eigenvalue weighted by Gasteiger charge is 2.20. The van der Waals surface area contributed by atoms with Crippen LogP contribution >= 0.6 is 0 Å². The summed E-state index contributed by atoms with van der Waals surface area (Å²) in [4.78, 5) is 33.6. The second-order valence-electron chi connectivity index (χ2n) is 6.96. The fourth-order valence-electron chi connectivity index (χ4n) is 2.49. The normalized spacial score (nSPS) is 11.3. The number of hydrogen-bond acceptors (Lipinski definition) is 6. The lowest BCUT2D eigenvalue weighted by Crippen LogP contribution is -2.15. The minimum Gasteiger partial charge on any atom is -0.479 e. The van der Waals surface area contributed by atoms with Crippen LogP contribution in [0.25, 0.3) is 11.0 Å². The average molecular weight is 364 g/mol. The summed E-state index contributed by atoms with van der Waals surface area (Å²) in [7, 11) is 0. The SMILES string of the molecule is CC(C)(C)Cc1cc(=O)oc2c(OCC(=O)O)c(OCC(=O)O)ccc12. The Morgan fingerprint density at radius 1 is 1.08 bits per heavy atom. The largest absolute Gasteiger partial charge is 0.479 e. The van der Waals surface area contributed by atoms with Crippen molar-refractivity contribution in [2.75, 3.05) is 13.2 Å². The molecule has 0 atom stereocenters. The summed E-state index contributed by atoms with van der Waals surface area (Å²) in [6.45, 7) is 4.69. The van der Waals surface area contributed by atoms with Gasteiger partial charge in [0.1, 0.15) is 0 Å². The lowest BCUT2D eigenvalue weighted by Gasteiger charge is -2.20. The molecule has 0 bridgehead atoms. The fourth-order valence-corrected chi connectivity index (χ4v) is 2.49. The van der Waals surface area contributed by atoms with Crippen LogP contribution in [0.5, 0.6) is 11.5 Å². The third-order valence-electron chi connectivity index (χ3n) is 3.33. The van der Waals surface area contributed by atoms with E-state index in [9.17, 15) is 14.4 Å². The molecule has 1 heterocycles. The number of rotatable bonds is 7. The number of carboxylic acids is 2. The minimum absolute atomic E-state index is 0.0165. The third kappa shape index (κ3) is 4.98. The van der Waals surface area contributed by atoms with E-state index in [1.807, 2.05) is 20.8 Å². The smallest absolute Gasteiger partial charge is 0.341 e. The van der Waals surface area contributed by atoms with Crippen molar-refractivity contribution < 1.29 is 33.7 Å². The molecule has 140 valence electrons. The molecule has 2 aromatic rings. The number of ether oxygens (including phenoxy) is 2. The monoisotopic (exact) mass is 364 g/mol. The van der Waals surface area contributed by atoms with E-state index in [-0.39, 0.29) is 22.5 Å². The molecule has 0 aliphatic carbocycles. The summed E-state index contributed by atoms with van der Waals surface area (Å²) in [6.07, 6.45) is 0.572. The summed E-state index contributed by atoms with van der Waals surface area (Å²) < 4.78 is 15.6. The van der Waals surface area contributed by atoms with Gasteiger partial charge >= 0.3 is 17.6 Å². The second kappa shape index (κ2) is 7.47. The zero-order valence-electron chi connectivity index (χ0n) is 14.7. The Kier molecular flexibility index (Phi) is 5.54. The Morgan fingerprint density at radius 3 is 2.27 bits per heavy atom. The lowest BCUT2D eigenvalue weighted by molar-refractivity contribution is -0.140. The van der Waals surface area contributed by atoms with Gasteiger partial charge in [0, 0.05) is 11.5 Å². The lowest BCUT2D eigenvalue weighted by atomic mass is 9.87. The van der Waals surface area contributed by atoms with Crippen LogP contribution in [0.2, 0.25) is 0 Å². The van der Waals surface area contributed by atoms with Crippen molar-refractivity contribution in [3.63, 3.8) is 0 Å². The Labute approximate surface area is 149 Å². The maximum absolute atomic E-state index is 12.0. The van der Waals surface area contributed by atoms with Crippen molar-refractivity contribution in [1.82, 2.24) is 0 Å². The number of carboxylic acid groups (broad SMARTS) is 2. The van der Waals surface area contributed by atoms with Gasteiger partial charge in [0.15, 0.2) is 24.5 Å². The molecule has 0 amide bonds. The summed E-state index contributed by atoms with van der Waals surface area (Å²) in [5.41, 5.74) is 0.0169. The van der Waals surface area contributed by atoms with Crippen molar-refractivity contribution in [1.29, 1.82) is 0 Å². The van der Waals surface area contributed by atoms with E-state index in [4.69, 9.17) is 24.1 Å². The molecular formula is C18H20O8. The van der Waals surface area contributed by atoms with Gasteiger partial charge in [-0.25, -0.2) is 14.4 Å². The van der Waals surface area contributed by atoms with Crippen molar-refractivity contribution in [2.24, 2.45) is 5.41 Å². The first-order chi connectivity index (χ1) is 12.1. The molecule has 0 aliphatic rings. The molecule has 0 spiro atoms. The molecule has 1 aromatic heterocycles. The molecule has 0 saturated carbocycles. The molecule has 0 radical (unpaired) electrons. The number of aliphatic carboxylic acids is 2. The predicted octanol–water partition coefficient (Wildman–Crippen LogP) is 2.31. The first-order valence-electron chi connectivity index (χ1n) is 7.86. The van der Waals surface area contributed by atoms with Crippen LogP contribution in [0, 0.1) is 5.41 Å². The number of benzene rings is 1. The van der Waals surface area contributed by atoms with Gasteiger partial charge in [-0.2, -0.15) is 0 Å². The highest BCUT2D eigenvalue weighted by Crippen LogP contribution is 2.37. The van der Waals surface area contributed by atoms with Gasteiger partial charge < -0.3 is 24.1 Å². The van der Waals surface area contributed by atoms with E-state index in [0.717, 1.165) is 0 Å². The summed E-state index contributed by atoms with van der Waals surface area (Å²) in [6, 6.07) is 4.48. The number of carbonyl (C=O) groups is 2. The summed E-state index contributed by atoms with van der Waals surface area (Å²) in [5.74, 6) is -2.58. The van der Waals surface area contributed by atoms with Crippen LogP contribution in [0.3, 0.4) is 0 Å². The van der Waals surface area contributed by atoms with E-state index < -0.39 is 30.8 Å². The predicted molar refractivity (Wildman–Crippen MR) is 91.9 cm³/mol. The molecule has 2 N–H and O–H groups in total. The third-order valence-corrected chi connectivity index (χ3v) is 3.33. The van der Waals surface area contributed by atoms with Crippen molar-refractivity contribution in [2.45, 2.75) is 27.2 Å². The molecular weight excluding hydrogens is 344 g/mol. The Morgan fingerprint density at radius 2 is 1.69 bits per heavy atom. The van der Waals surface area contributed by atoms with Gasteiger partial charge in [-0.15, -0.1) is 0 Å². The number of fused-ring (bicyclic) bond motifs is 1. The van der Waals surface area contributed by atoms with Gasteiger partial charge in [-0.3, -0.25) is 0 Å². The van der Waals surface area contributed by atoms with Crippen LogP contribution < -0.4 is 15.1 Å². The summed E-state index contributed by atoms with van der Waals surface area (Å²) in [5, 5.41) is 18.2. The van der Waals surface area contributed by atoms with Crippen LogP contribution in [0.4, 0.5) is 0 Å². The van der Waals surface area contributed by atoms with Crippen LogP contribution in [-0.4, -0.2) is 35.4 Å². The van der Waals surface area contributed by atoms with E-state index in [0.29, 0.717) is 17.4 Å². The highest BCUT2D eigenvalue weighted by molar-refractivity contribution is 5.88. The molecule has 0 aliphatic heterocycles. The zero-order chi connectivity index (χ0) is 19.5. The van der Waals surface area contributed by atoms with Crippen molar-refractivity contribution in [3.05, 3.63) is 34.2 Å². The van der Waals surface area contributed by atoms with E-state index in [2.05, 4.69) is 0 Å². The van der Waals surface area contributed by atoms with E-state index in [1.165, 1.54) is 12.1 Å². The quantitative estimate of drug-likeness (QED) is 0.717. The van der Waals surface area contributed by atoms with Gasteiger partial charge in [-0.1, -0.05) is 20.8 Å². The van der Waals surface area contributed by atoms with Crippen LogP contribution in [0.15, 0.2) is 27.4 Å². The maximum Gasteiger partial charge on any atom is 0.341 e. The molecule has 0 saturated heterocycles. The van der Waals surface area contributed by atoms with Gasteiger partial charge in [0.25, 0.3) is 0 Å². The standard InChI is InChI=1S/C18H20O8/c1-18(2,3)7-10-6-15(23)26-16-11(10)4-5-12(24-8-13(19)20)17(16)25-9-14(21)22/h4-6H,7-9H2,1-3H3,(H,19,20)(H,21,22). The minimum atomic E-state index is -1.24. The van der Waals surface area contributed by atoms with Gasteiger partial charge in [0.2, 0.25) is 5.75 Å². The molecule has 0 unspecified atom stereocenters. The Bertz CT molecular complexity index is 888. The first-order valence-corrected chi connectivity index (χ1v) is 7.86. The second-order valence-corrected chi connectivity index (χ2v) is 6.96. The van der Waals surface area contributed by atoms with Crippen LogP contribution in [-0.2, 0) is 16.0 Å². The Balaban J connectivity index is 2.63. The molecule has 26 heavy (non-hydrogen) atoms. The zero-order valence-corrected chi connectivity index (χ0v) is 14.7. The van der Waals surface area contributed by atoms with E-state index >= 15 is 0 Å². The first kappa shape index (κ1) is 19.3. The summed E-state index contributed by atoms with van der Waals surface area (Å²) >= 11 is 0. The molecule has 2 rings (SSSR count). The topological polar surface area (TPSA) is 123 Å². The number of hydrogen-bond donors (Lipinski definition) is 2. The highest BCUT2D eigenvalue weighted by atomic mass is 16.5. The van der Waals surface area contributed by atoms with Gasteiger partial charge in [-0.05, 0) is 29.5 Å². The van der Waals surface area contributed by atoms with Gasteiger partial charge in [0.05, 0.1) is 0 Å². The maximum atomic E-state index is 12.0. The Hall–Kier alpha value is -3.03. The van der Waals surface area contributed by atoms with Crippen LogP contribution in [0.1, 0.15) is 26.3 Å². The molecule has 8 nitrogen and oxygen atoms in total. The van der Waals surface area contributed by atoms with E-state index in [1.54, 1.807) is 6.07 Å². The van der Waals surface area contributed by atoms with Crippen molar-refractivity contribution >= 4 is 22.9 Å². The van der Waals surface area contributed by atoms with Crippen molar-refractivity contribution in [3.8, 4) is 11.5 Å². The fraction of sp³-hybridized carbons (Fsp3) is 0.389. The molecule has 0 fully saturated rings.